The van der Waals surface area contributed by atoms with E-state index in [4.69, 9.17) is 14.2 Å². The molecule has 0 fully saturated rings. The van der Waals surface area contributed by atoms with Gasteiger partial charge in [0.05, 0.1) is 19.6 Å². The lowest BCUT2D eigenvalue weighted by molar-refractivity contribution is -0.156. The van der Waals surface area contributed by atoms with Crippen molar-refractivity contribution in [1.29, 1.82) is 0 Å². The molecule has 0 aliphatic carbocycles. The second kappa shape index (κ2) is 25.6. The molecule has 0 unspecified atom stereocenters. The number of carbonyl (C=O) groups excluding carboxylic acids is 6. The highest BCUT2D eigenvalue weighted by Gasteiger charge is 2.30. The van der Waals surface area contributed by atoms with Crippen LogP contribution in [0.2, 0.25) is 25.7 Å². The van der Waals surface area contributed by atoms with Gasteiger partial charge in [0, 0.05) is 25.6 Å². The summed E-state index contributed by atoms with van der Waals surface area (Å²) in [4.78, 5) is 81.1. The van der Waals surface area contributed by atoms with Gasteiger partial charge in [0.1, 0.15) is 34.1 Å². The van der Waals surface area contributed by atoms with Gasteiger partial charge in [-0.2, -0.15) is 0 Å². The van der Waals surface area contributed by atoms with E-state index < -0.39 is 61.6 Å². The molecule has 1 aromatic rings. The normalized spacial score (nSPS) is 13.3. The minimum absolute atomic E-state index is 0.0366. The van der Waals surface area contributed by atoms with Crippen molar-refractivity contribution >= 4 is 66.1 Å². The van der Waals surface area contributed by atoms with Crippen molar-refractivity contribution in [2.45, 2.75) is 150 Å². The van der Waals surface area contributed by atoms with Crippen molar-refractivity contribution in [3.63, 3.8) is 0 Å². The van der Waals surface area contributed by atoms with Crippen molar-refractivity contribution in [3.8, 4) is 0 Å². The number of ether oxygens (including phenoxy) is 3. The molecule has 0 radical (unpaired) electrons. The van der Waals surface area contributed by atoms with E-state index >= 15 is 0 Å². The van der Waals surface area contributed by atoms with Gasteiger partial charge in [-0.1, -0.05) is 90.0 Å². The van der Waals surface area contributed by atoms with E-state index in [1.807, 2.05) is 0 Å². The van der Waals surface area contributed by atoms with Crippen LogP contribution in [0.4, 0.5) is 4.79 Å². The van der Waals surface area contributed by atoms with E-state index in [2.05, 4.69) is 47.5 Å². The number of allylic oxidation sites excluding steroid dienone is 2. The van der Waals surface area contributed by atoms with Gasteiger partial charge in [0.15, 0.2) is 5.12 Å². The smallest absolute Gasteiger partial charge is 0.408 e. The molecule has 0 aliphatic heterocycles. The maximum absolute atomic E-state index is 13.5. The summed E-state index contributed by atoms with van der Waals surface area (Å²) in [5.41, 5.74) is -0.739. The van der Waals surface area contributed by atoms with Crippen LogP contribution in [0.25, 0.3) is 0 Å². The Morgan fingerprint density at radius 1 is 1.04 bits per heavy atom. The van der Waals surface area contributed by atoms with E-state index in [0.717, 1.165) is 43.1 Å². The van der Waals surface area contributed by atoms with Crippen molar-refractivity contribution in [3.05, 3.63) is 40.0 Å². The molecule has 310 valence electrons. The number of nitrogens with zero attached hydrogens (tertiary/aromatic N) is 1. The Kier molecular flexibility index (Phi) is 23.1. The third-order valence-corrected chi connectivity index (χ3v) is 11.2. The predicted molar refractivity (Wildman–Crippen MR) is 221 cm³/mol. The zero-order chi connectivity index (χ0) is 41.6. The van der Waals surface area contributed by atoms with Crippen molar-refractivity contribution in [2.24, 2.45) is 5.92 Å². The molecule has 0 saturated carbocycles. The molecule has 0 spiro atoms. The molecule has 16 heteroatoms. The summed E-state index contributed by atoms with van der Waals surface area (Å²) in [5.74, 6) is -2.51. The number of amides is 3. The van der Waals surface area contributed by atoms with Gasteiger partial charge in [0.2, 0.25) is 0 Å². The van der Waals surface area contributed by atoms with Crippen LogP contribution in [0, 0.1) is 5.92 Å². The van der Waals surface area contributed by atoms with Crippen LogP contribution in [0.1, 0.15) is 115 Å². The Morgan fingerprint density at radius 2 is 1.73 bits per heavy atom. The number of nitrogens with one attached hydrogen (secondary N) is 3. The number of alkyl carbamates (subject to hydrolysis) is 1. The molecule has 55 heavy (non-hydrogen) atoms. The maximum atomic E-state index is 13.5. The number of aromatic nitrogens is 1. The lowest BCUT2D eigenvalue weighted by Gasteiger charge is -2.24. The van der Waals surface area contributed by atoms with Crippen LogP contribution in [0.15, 0.2) is 29.3 Å². The Hall–Kier alpha value is -3.50. The van der Waals surface area contributed by atoms with Crippen molar-refractivity contribution in [1.82, 2.24) is 20.9 Å². The molecule has 1 rings (SSSR count). The van der Waals surface area contributed by atoms with Gasteiger partial charge in [-0.15, -0.1) is 11.3 Å². The molecular formula is C39H64N4O9S2Si. The van der Waals surface area contributed by atoms with Gasteiger partial charge in [0.25, 0.3) is 11.8 Å². The monoisotopic (exact) mass is 824 g/mol. The average molecular weight is 825 g/mol. The highest BCUT2D eigenvalue weighted by Crippen LogP contribution is 2.16. The third kappa shape index (κ3) is 23.2. The van der Waals surface area contributed by atoms with E-state index in [0.29, 0.717) is 23.6 Å². The number of thiazole rings is 1. The molecule has 0 aliphatic rings. The van der Waals surface area contributed by atoms with Gasteiger partial charge in [-0.05, 0) is 58.6 Å². The van der Waals surface area contributed by atoms with Gasteiger partial charge in [-0.3, -0.25) is 19.2 Å². The lowest BCUT2D eigenvalue weighted by atomic mass is 10.0. The Bertz CT molecular complexity index is 1470. The zero-order valence-corrected chi connectivity index (χ0v) is 37.1. The quantitative estimate of drug-likeness (QED) is 0.0232. The van der Waals surface area contributed by atoms with E-state index in [-0.39, 0.29) is 36.1 Å². The SMILES string of the molecule is C/C=C(\NC(=O)c1csc(CNC(=O)OC(C)(C)C)n1)C(=O)N[C@H](C(=O)O[C@H](/C=C/CCSC(=O)CCCCCCC)CC(=O)OCC[Si](C)(C)C)C(C)C. The third-order valence-electron chi connectivity index (χ3n) is 7.69. The lowest BCUT2D eigenvalue weighted by Crippen LogP contribution is -2.48. The first-order valence-electron chi connectivity index (χ1n) is 19.1. The minimum Gasteiger partial charge on any atom is -0.466 e. The summed E-state index contributed by atoms with van der Waals surface area (Å²) < 4.78 is 16.5. The van der Waals surface area contributed by atoms with Crippen LogP contribution in [0.3, 0.4) is 0 Å². The fourth-order valence-corrected chi connectivity index (χ4v) is 6.82. The first kappa shape index (κ1) is 49.5. The second-order valence-electron chi connectivity index (χ2n) is 15.6. The second-order valence-corrected chi connectivity index (χ2v) is 23.4. The Morgan fingerprint density at radius 3 is 2.35 bits per heavy atom. The van der Waals surface area contributed by atoms with Crippen LogP contribution >= 0.6 is 23.1 Å². The number of hydrogen-bond acceptors (Lipinski definition) is 12. The predicted octanol–water partition coefficient (Wildman–Crippen LogP) is 7.69. The number of hydrogen-bond donors (Lipinski definition) is 3. The summed E-state index contributed by atoms with van der Waals surface area (Å²) in [6, 6.07) is -0.322. The maximum Gasteiger partial charge on any atom is 0.408 e. The van der Waals surface area contributed by atoms with Crippen LogP contribution in [-0.2, 0) is 39.9 Å². The number of rotatable bonds is 24. The summed E-state index contributed by atoms with van der Waals surface area (Å²) >= 11 is 2.42. The van der Waals surface area contributed by atoms with E-state index in [9.17, 15) is 28.8 Å². The van der Waals surface area contributed by atoms with Gasteiger partial charge >= 0.3 is 18.0 Å². The topological polar surface area (TPSA) is 179 Å². The number of esters is 2. The molecule has 3 amide bonds. The highest BCUT2D eigenvalue weighted by atomic mass is 32.2. The summed E-state index contributed by atoms with van der Waals surface area (Å²) in [7, 11) is -1.44. The molecule has 1 aromatic heterocycles. The molecule has 13 nitrogen and oxygen atoms in total. The molecule has 3 N–H and O–H groups in total. The molecule has 0 bridgehead atoms. The summed E-state index contributed by atoms with van der Waals surface area (Å²) in [5, 5.41) is 9.87. The minimum atomic E-state index is -1.44. The molecular weight excluding hydrogens is 761 g/mol. The average Bonchev–Trinajstić information content (AvgIpc) is 3.56. The molecule has 0 aromatic carbocycles. The van der Waals surface area contributed by atoms with Crippen LogP contribution < -0.4 is 16.0 Å². The molecule has 2 atom stereocenters. The van der Waals surface area contributed by atoms with Gasteiger partial charge < -0.3 is 30.2 Å². The largest absolute Gasteiger partial charge is 0.466 e. The zero-order valence-electron chi connectivity index (χ0n) is 34.5. The number of thioether (sulfide) groups is 1. The first-order chi connectivity index (χ1) is 25.7. The number of unbranched alkanes of at least 4 members (excludes halogenated alkanes) is 4. The standard InChI is InChI=1S/C39H64N4O9S2Si/c1-11-13-14-15-16-20-33(45)53-22-18-17-19-28(24-32(44)50-21-23-55(8,9)10)51-37(48)34(27(3)4)43-35(46)29(12-2)42-36(47)30-26-54-31(41-30)25-40-38(49)52-39(5,6)7/h12,17,19,26-28,34H,11,13-16,18,20-25H2,1-10H3,(H,40,49)(H,42,47)(H,43,46)/b19-17+,29-12-/t28-,34+/m1/s1. The van der Waals surface area contributed by atoms with Crippen molar-refractivity contribution < 1.29 is 43.0 Å². The first-order valence-corrected chi connectivity index (χ1v) is 24.7. The van der Waals surface area contributed by atoms with Crippen LogP contribution in [-0.4, -0.2) is 78.1 Å². The van der Waals surface area contributed by atoms with Crippen molar-refractivity contribution in [2.75, 3.05) is 12.4 Å². The Labute approximate surface area is 337 Å². The number of carbonyl (C=O) groups is 6. The van der Waals surface area contributed by atoms with Gasteiger partial charge in [-0.25, -0.2) is 14.6 Å². The fourth-order valence-electron chi connectivity index (χ4n) is 4.62. The summed E-state index contributed by atoms with van der Waals surface area (Å²) in [6.45, 7) is 19.3. The van der Waals surface area contributed by atoms with E-state index in [1.165, 1.54) is 29.6 Å². The Balaban J connectivity index is 2.91. The molecule has 0 saturated heterocycles. The fraction of sp³-hybridized carbons (Fsp3) is 0.667. The molecule has 1 heterocycles. The van der Waals surface area contributed by atoms with Crippen LogP contribution in [0.5, 0.6) is 0 Å². The highest BCUT2D eigenvalue weighted by molar-refractivity contribution is 8.13. The van der Waals surface area contributed by atoms with E-state index in [1.54, 1.807) is 53.7 Å². The summed E-state index contributed by atoms with van der Waals surface area (Å²) in [6.07, 6.45) is 9.48.